The first-order chi connectivity index (χ1) is 24.0. The van der Waals surface area contributed by atoms with Crippen molar-refractivity contribution in [1.29, 1.82) is 0 Å². The quantitative estimate of drug-likeness (QED) is 0.0485. The molecule has 21 nitrogen and oxygen atoms in total. The summed E-state index contributed by atoms with van der Waals surface area (Å²) in [6.07, 6.45) is -13.2. The van der Waals surface area contributed by atoms with Crippen LogP contribution in [0.5, 0.6) is 0 Å². The highest BCUT2D eigenvalue weighted by molar-refractivity contribution is 5.91. The standard InChI is InChI=1S/C29H49N5O16/c1-16(35)17-15-32-33-34(17)7-10-45-8-5-31-27(41)25-23(19(37)20(38)28(44-4)49-25)47-13-14-48-29-21(39)18(36)22(43-3)24(50-29)26(40)30-6-9-46-12-11-42-2/h15,18-25,28-29,36-39H,5-14H2,1-4H3,(H,30,40)(H,31,41)/t18-,19-,20+,21+,22+,23+,24?,25?,28-,29-/m1/s1. The van der Waals surface area contributed by atoms with Gasteiger partial charge in [0.25, 0.3) is 11.8 Å². The molecule has 21 heteroatoms. The van der Waals surface area contributed by atoms with Crippen molar-refractivity contribution in [3.05, 3.63) is 11.9 Å². The summed E-state index contributed by atoms with van der Waals surface area (Å²) in [7, 11) is 4.01. The number of carbonyl (C=O) groups is 3. The minimum absolute atomic E-state index is 0.0407. The number of hydrogen-bond acceptors (Lipinski definition) is 18. The fourth-order valence-electron chi connectivity index (χ4n) is 5.11. The van der Waals surface area contributed by atoms with E-state index in [9.17, 15) is 34.8 Å². The van der Waals surface area contributed by atoms with Crippen molar-refractivity contribution in [2.75, 3.05) is 80.7 Å². The second-order valence-corrected chi connectivity index (χ2v) is 11.2. The Morgan fingerprint density at radius 1 is 0.740 bits per heavy atom. The zero-order valence-corrected chi connectivity index (χ0v) is 28.5. The van der Waals surface area contributed by atoms with E-state index in [0.29, 0.717) is 18.9 Å². The van der Waals surface area contributed by atoms with Crippen molar-refractivity contribution in [1.82, 2.24) is 25.6 Å². The van der Waals surface area contributed by atoms with Gasteiger partial charge in [-0.15, -0.1) is 5.10 Å². The van der Waals surface area contributed by atoms with Crippen LogP contribution in [0.25, 0.3) is 0 Å². The number of rotatable bonds is 22. The lowest BCUT2D eigenvalue weighted by atomic mass is 9.98. The number of nitrogens with one attached hydrogen (secondary N) is 2. The summed E-state index contributed by atoms with van der Waals surface area (Å²) < 4.78 is 49.9. The molecule has 6 N–H and O–H groups in total. The SMILES string of the molecule is COCCOCCNC(=O)C1O[C@@H](OCCO[C@@H]2C(C(=O)NCCOCCn3nncc3C(C)=O)O[C@@H](OC)[C@@H](O)[C@H]2O)[C@@H](O)[C@@H](O)[C@@H]1OC. The van der Waals surface area contributed by atoms with Gasteiger partial charge in [0.2, 0.25) is 0 Å². The van der Waals surface area contributed by atoms with E-state index in [1.807, 2.05) is 0 Å². The number of hydrogen-bond donors (Lipinski definition) is 6. The van der Waals surface area contributed by atoms with Crippen molar-refractivity contribution in [3.8, 4) is 0 Å². The van der Waals surface area contributed by atoms with Gasteiger partial charge in [-0.05, 0) is 0 Å². The molecule has 2 aliphatic rings. The third-order valence-electron chi connectivity index (χ3n) is 7.73. The van der Waals surface area contributed by atoms with Gasteiger partial charge in [0.15, 0.2) is 30.6 Å². The molecule has 0 bridgehead atoms. The number of Topliss-reactive ketones (excluding diaryl/α,β-unsaturated/α-hetero) is 1. The summed E-state index contributed by atoms with van der Waals surface area (Å²) in [5, 5.41) is 55.1. The summed E-state index contributed by atoms with van der Waals surface area (Å²) in [6.45, 7) is 2.41. The third-order valence-corrected chi connectivity index (χ3v) is 7.73. The summed E-state index contributed by atoms with van der Waals surface area (Å²) in [4.78, 5) is 37.5. The van der Waals surface area contributed by atoms with Gasteiger partial charge in [-0.1, -0.05) is 5.21 Å². The number of nitrogens with zero attached hydrogens (tertiary/aromatic N) is 3. The summed E-state index contributed by atoms with van der Waals surface area (Å²) >= 11 is 0. The van der Waals surface area contributed by atoms with E-state index in [1.165, 1.54) is 39.1 Å². The van der Waals surface area contributed by atoms with Gasteiger partial charge in [0.1, 0.15) is 42.3 Å². The Labute approximate surface area is 288 Å². The van der Waals surface area contributed by atoms with Crippen LogP contribution in [-0.4, -0.2) is 195 Å². The molecule has 10 atom stereocenters. The number of ketones is 1. The van der Waals surface area contributed by atoms with Crippen LogP contribution in [0.2, 0.25) is 0 Å². The number of amides is 2. The Morgan fingerprint density at radius 2 is 1.32 bits per heavy atom. The molecule has 286 valence electrons. The average molecular weight is 724 g/mol. The number of aliphatic hydroxyl groups is 4. The van der Waals surface area contributed by atoms with E-state index >= 15 is 0 Å². The third kappa shape index (κ3) is 11.6. The lowest BCUT2D eigenvalue weighted by Crippen LogP contribution is -2.63. The zero-order valence-electron chi connectivity index (χ0n) is 28.5. The number of aromatic nitrogens is 3. The normalized spacial score (nSPS) is 29.8. The Hall–Kier alpha value is -2.77. The van der Waals surface area contributed by atoms with Gasteiger partial charge in [0, 0.05) is 41.3 Å². The van der Waals surface area contributed by atoms with Crippen molar-refractivity contribution in [2.24, 2.45) is 0 Å². The number of carbonyl (C=O) groups excluding carboxylic acids is 3. The minimum Gasteiger partial charge on any atom is -0.387 e. The average Bonchev–Trinajstić information content (AvgIpc) is 3.58. The molecule has 0 spiro atoms. The molecule has 1 aromatic rings. The molecule has 0 saturated carbocycles. The summed E-state index contributed by atoms with van der Waals surface area (Å²) in [6, 6.07) is 0. The van der Waals surface area contributed by atoms with Crippen LogP contribution in [0.1, 0.15) is 17.4 Å². The highest BCUT2D eigenvalue weighted by Gasteiger charge is 2.50. The summed E-state index contributed by atoms with van der Waals surface area (Å²) in [5.41, 5.74) is 0.337. The van der Waals surface area contributed by atoms with Gasteiger partial charge >= 0.3 is 0 Å². The highest BCUT2D eigenvalue weighted by atomic mass is 16.7. The molecule has 0 aliphatic carbocycles. The van der Waals surface area contributed by atoms with Crippen LogP contribution >= 0.6 is 0 Å². The lowest BCUT2D eigenvalue weighted by molar-refractivity contribution is -0.304. The van der Waals surface area contributed by atoms with Crippen molar-refractivity contribution < 1.29 is 77.4 Å². The largest absolute Gasteiger partial charge is 0.387 e. The van der Waals surface area contributed by atoms with Crippen molar-refractivity contribution in [2.45, 2.75) is 74.9 Å². The van der Waals surface area contributed by atoms with Crippen molar-refractivity contribution in [3.63, 3.8) is 0 Å². The van der Waals surface area contributed by atoms with Crippen LogP contribution in [0, 0.1) is 0 Å². The molecule has 50 heavy (non-hydrogen) atoms. The maximum atomic E-state index is 13.1. The molecule has 2 aliphatic heterocycles. The molecule has 3 heterocycles. The van der Waals surface area contributed by atoms with E-state index in [2.05, 4.69) is 20.9 Å². The first-order valence-electron chi connectivity index (χ1n) is 16.0. The first kappa shape index (κ1) is 41.6. The van der Waals surface area contributed by atoms with Crippen LogP contribution in [0.15, 0.2) is 6.20 Å². The molecular formula is C29H49N5O16. The Kier molecular flexibility index (Phi) is 18.0. The number of methoxy groups -OCH3 is 3. The van der Waals surface area contributed by atoms with Gasteiger partial charge in [0.05, 0.1) is 59.0 Å². The van der Waals surface area contributed by atoms with Gasteiger partial charge in [-0.3, -0.25) is 14.4 Å². The number of ether oxygens (including phenoxy) is 9. The maximum Gasteiger partial charge on any atom is 0.252 e. The van der Waals surface area contributed by atoms with E-state index in [1.54, 1.807) is 0 Å². The predicted octanol–water partition coefficient (Wildman–Crippen LogP) is -4.65. The zero-order chi connectivity index (χ0) is 36.6. The second kappa shape index (κ2) is 21.6. The molecule has 3 rings (SSSR count). The van der Waals surface area contributed by atoms with Gasteiger partial charge < -0.3 is 73.7 Å². The van der Waals surface area contributed by atoms with Gasteiger partial charge in [-0.25, -0.2) is 4.68 Å². The fourth-order valence-corrected chi connectivity index (χ4v) is 5.11. The second-order valence-electron chi connectivity index (χ2n) is 11.2. The van der Waals surface area contributed by atoms with E-state index in [4.69, 9.17) is 42.6 Å². The van der Waals surface area contributed by atoms with Gasteiger partial charge in [-0.2, -0.15) is 0 Å². The monoisotopic (exact) mass is 723 g/mol. The van der Waals surface area contributed by atoms with E-state index in [-0.39, 0.29) is 58.5 Å². The van der Waals surface area contributed by atoms with E-state index in [0.717, 1.165) is 0 Å². The fraction of sp³-hybridized carbons (Fsp3) is 0.828. The molecule has 2 unspecified atom stereocenters. The highest BCUT2D eigenvalue weighted by Crippen LogP contribution is 2.26. The Morgan fingerprint density at radius 3 is 1.94 bits per heavy atom. The van der Waals surface area contributed by atoms with Crippen LogP contribution in [0.4, 0.5) is 0 Å². The smallest absolute Gasteiger partial charge is 0.252 e. The molecule has 2 saturated heterocycles. The molecule has 2 amide bonds. The molecule has 1 aromatic heterocycles. The van der Waals surface area contributed by atoms with Crippen LogP contribution in [-0.2, 0) is 58.8 Å². The minimum atomic E-state index is -1.62. The molecule has 0 aromatic carbocycles. The topological polar surface area (TPSA) is 270 Å². The van der Waals surface area contributed by atoms with E-state index < -0.39 is 73.2 Å². The van der Waals surface area contributed by atoms with Crippen LogP contribution in [0.3, 0.4) is 0 Å². The van der Waals surface area contributed by atoms with Crippen molar-refractivity contribution >= 4 is 17.6 Å². The molecular weight excluding hydrogens is 674 g/mol. The Bertz CT molecular complexity index is 1180. The maximum absolute atomic E-state index is 13.1. The number of aliphatic hydroxyl groups excluding tert-OH is 4. The van der Waals surface area contributed by atoms with Crippen LogP contribution < -0.4 is 10.6 Å². The first-order valence-corrected chi connectivity index (χ1v) is 16.0. The Balaban J connectivity index is 1.49. The lowest BCUT2D eigenvalue weighted by Gasteiger charge is -2.42. The molecule has 2 fully saturated rings. The molecule has 0 radical (unpaired) electrons. The summed E-state index contributed by atoms with van der Waals surface area (Å²) in [5.74, 6) is -1.52. The predicted molar refractivity (Wildman–Crippen MR) is 164 cm³/mol.